The molecule has 3 atom stereocenters. The Morgan fingerprint density at radius 2 is 1.57 bits per heavy atom. The fourth-order valence-corrected chi connectivity index (χ4v) is 6.40. The number of nitrogens with one attached hydrogen (secondary N) is 1. The summed E-state index contributed by atoms with van der Waals surface area (Å²) in [7, 11) is 0. The maximum atomic E-state index is 14.9. The average Bonchev–Trinajstić information content (AvgIpc) is 3.77. The zero-order chi connectivity index (χ0) is 34.2. The molecule has 0 spiro atoms. The standard InChI is InChI=1S/C39H40F2N2O6/c1-2-3-23-46-33-19-9-28(10-20-33)36(42-32-17-15-31(41)16-18-32)34(21-22-39(48-24-25-49-39)29-11-13-30(40)14-12-29)37(44)43-35(26-47-38(43)45)27-7-5-4-6-8-27/h4-20,34-36,42H,2-3,21-26H2,1H3/t34-,35-,36-/m1/s1. The van der Waals surface area contributed by atoms with E-state index in [9.17, 15) is 18.4 Å². The number of carbonyl (C=O) groups excluding carboxylic acids is 2. The summed E-state index contributed by atoms with van der Waals surface area (Å²) in [6.07, 6.45) is 1.59. The number of ether oxygens (including phenoxy) is 4. The highest BCUT2D eigenvalue weighted by atomic mass is 19.1. The third-order valence-electron chi connectivity index (χ3n) is 9.01. The predicted octanol–water partition coefficient (Wildman–Crippen LogP) is 8.31. The molecule has 2 aliphatic rings. The molecular weight excluding hydrogens is 630 g/mol. The number of carbonyl (C=O) groups is 2. The molecule has 4 aromatic carbocycles. The van der Waals surface area contributed by atoms with Crippen LogP contribution in [-0.4, -0.2) is 43.3 Å². The van der Waals surface area contributed by atoms with Crippen molar-refractivity contribution < 1.29 is 37.3 Å². The molecular formula is C39H40F2N2O6. The number of amides is 2. The van der Waals surface area contributed by atoms with Gasteiger partial charge in [0, 0.05) is 17.7 Å². The SMILES string of the molecule is CCCCOc1ccc([C@@H](Nc2ccc(F)cc2)[C@@H](CCC2(c3ccc(F)cc3)OCCO2)C(=O)N2C(=O)OC[C@@H]2c2ccccc2)cc1. The molecule has 49 heavy (non-hydrogen) atoms. The topological polar surface area (TPSA) is 86.3 Å². The summed E-state index contributed by atoms with van der Waals surface area (Å²) in [5.74, 6) is -2.66. The Morgan fingerprint density at radius 3 is 2.22 bits per heavy atom. The highest BCUT2D eigenvalue weighted by Gasteiger charge is 2.46. The van der Waals surface area contributed by atoms with Gasteiger partial charge in [0.2, 0.25) is 5.91 Å². The van der Waals surface area contributed by atoms with Crippen LogP contribution in [0.3, 0.4) is 0 Å². The van der Waals surface area contributed by atoms with Crippen LogP contribution < -0.4 is 10.1 Å². The van der Waals surface area contributed by atoms with Crippen LogP contribution >= 0.6 is 0 Å². The molecule has 0 aliphatic carbocycles. The molecule has 0 bridgehead atoms. The van der Waals surface area contributed by atoms with E-state index in [1.54, 1.807) is 24.3 Å². The zero-order valence-electron chi connectivity index (χ0n) is 27.4. The number of unbranched alkanes of at least 4 members (excludes halogenated alkanes) is 1. The summed E-state index contributed by atoms with van der Waals surface area (Å²) in [6.45, 7) is 3.34. The summed E-state index contributed by atoms with van der Waals surface area (Å²) in [4.78, 5) is 29.4. The van der Waals surface area contributed by atoms with Gasteiger partial charge in [0.05, 0.1) is 31.8 Å². The number of rotatable bonds is 14. The van der Waals surface area contributed by atoms with E-state index in [4.69, 9.17) is 18.9 Å². The van der Waals surface area contributed by atoms with Gasteiger partial charge in [0.15, 0.2) is 5.79 Å². The minimum absolute atomic E-state index is 0.0207. The third kappa shape index (κ3) is 7.92. The number of anilines is 1. The van der Waals surface area contributed by atoms with Gasteiger partial charge >= 0.3 is 6.09 Å². The van der Waals surface area contributed by atoms with Gasteiger partial charge in [-0.2, -0.15) is 0 Å². The van der Waals surface area contributed by atoms with E-state index in [1.165, 1.54) is 29.2 Å². The molecule has 2 heterocycles. The van der Waals surface area contributed by atoms with Gasteiger partial charge < -0.3 is 24.3 Å². The fourth-order valence-electron chi connectivity index (χ4n) is 6.40. The number of benzene rings is 4. The normalized spacial score (nSPS) is 18.1. The van der Waals surface area contributed by atoms with E-state index < -0.39 is 47.4 Å². The van der Waals surface area contributed by atoms with Crippen LogP contribution in [0, 0.1) is 17.6 Å². The molecule has 2 aliphatic heterocycles. The van der Waals surface area contributed by atoms with Crippen molar-refractivity contribution in [3.8, 4) is 5.75 Å². The number of nitrogens with zero attached hydrogens (tertiary/aromatic N) is 1. The molecule has 2 amide bonds. The van der Waals surface area contributed by atoms with Gasteiger partial charge in [-0.1, -0.05) is 67.9 Å². The summed E-state index contributed by atoms with van der Waals surface area (Å²) < 4.78 is 51.6. The van der Waals surface area contributed by atoms with Gasteiger partial charge in [-0.25, -0.2) is 18.5 Å². The molecule has 8 nitrogen and oxygen atoms in total. The van der Waals surface area contributed by atoms with Gasteiger partial charge in [0.25, 0.3) is 0 Å². The van der Waals surface area contributed by atoms with E-state index in [2.05, 4.69) is 12.2 Å². The molecule has 2 saturated heterocycles. The maximum absolute atomic E-state index is 14.9. The van der Waals surface area contributed by atoms with Gasteiger partial charge in [-0.05, 0) is 72.5 Å². The first-order valence-corrected chi connectivity index (χ1v) is 16.7. The van der Waals surface area contributed by atoms with Crippen LogP contribution in [-0.2, 0) is 24.8 Å². The molecule has 0 unspecified atom stereocenters. The fraction of sp³-hybridized carbons (Fsp3) is 0.333. The second-order valence-electron chi connectivity index (χ2n) is 12.2. The van der Waals surface area contributed by atoms with Crippen molar-refractivity contribution in [1.82, 2.24) is 4.90 Å². The van der Waals surface area contributed by atoms with Crippen molar-refractivity contribution in [3.63, 3.8) is 0 Å². The minimum Gasteiger partial charge on any atom is -0.494 e. The minimum atomic E-state index is -1.23. The molecule has 0 radical (unpaired) electrons. The number of cyclic esters (lactones) is 1. The average molecular weight is 671 g/mol. The van der Waals surface area contributed by atoms with Crippen molar-refractivity contribution in [2.75, 3.05) is 31.7 Å². The Bertz CT molecular complexity index is 1680. The Labute approximate surface area is 284 Å². The number of imide groups is 1. The molecule has 0 aromatic heterocycles. The number of hydrogen-bond acceptors (Lipinski definition) is 7. The quantitative estimate of drug-likeness (QED) is 0.135. The second-order valence-corrected chi connectivity index (χ2v) is 12.2. The second kappa shape index (κ2) is 15.6. The van der Waals surface area contributed by atoms with Crippen LogP contribution in [0.5, 0.6) is 5.75 Å². The smallest absolute Gasteiger partial charge is 0.417 e. The molecule has 1 N–H and O–H groups in total. The maximum Gasteiger partial charge on any atom is 0.417 e. The molecule has 0 saturated carbocycles. The van der Waals surface area contributed by atoms with Crippen molar-refractivity contribution in [3.05, 3.63) is 131 Å². The van der Waals surface area contributed by atoms with E-state index in [0.717, 1.165) is 24.0 Å². The monoisotopic (exact) mass is 670 g/mol. The summed E-state index contributed by atoms with van der Waals surface area (Å²) >= 11 is 0. The van der Waals surface area contributed by atoms with Gasteiger partial charge in [-0.3, -0.25) is 4.79 Å². The van der Waals surface area contributed by atoms with E-state index in [0.29, 0.717) is 36.8 Å². The molecule has 2 fully saturated rings. The summed E-state index contributed by atoms with van der Waals surface area (Å²) in [5.41, 5.74) is 2.72. The van der Waals surface area contributed by atoms with Crippen molar-refractivity contribution >= 4 is 17.7 Å². The molecule has 256 valence electrons. The first kappa shape index (κ1) is 34.1. The Kier molecular flexibility index (Phi) is 10.9. The van der Waals surface area contributed by atoms with Crippen molar-refractivity contribution in [1.29, 1.82) is 0 Å². The Balaban J connectivity index is 1.40. The van der Waals surface area contributed by atoms with E-state index in [1.807, 2.05) is 54.6 Å². The Morgan fingerprint density at radius 1 is 0.918 bits per heavy atom. The lowest BCUT2D eigenvalue weighted by Gasteiger charge is -2.35. The third-order valence-corrected chi connectivity index (χ3v) is 9.01. The van der Waals surface area contributed by atoms with Crippen molar-refractivity contribution in [2.45, 2.75) is 50.5 Å². The predicted molar refractivity (Wildman–Crippen MR) is 180 cm³/mol. The zero-order valence-corrected chi connectivity index (χ0v) is 27.4. The summed E-state index contributed by atoms with van der Waals surface area (Å²) in [5, 5.41) is 3.47. The van der Waals surface area contributed by atoms with Crippen LogP contribution in [0.25, 0.3) is 0 Å². The molecule has 10 heteroatoms. The largest absolute Gasteiger partial charge is 0.494 e. The van der Waals surface area contributed by atoms with Crippen molar-refractivity contribution in [2.24, 2.45) is 5.92 Å². The van der Waals surface area contributed by atoms with Gasteiger partial charge in [-0.15, -0.1) is 0 Å². The van der Waals surface area contributed by atoms with E-state index >= 15 is 0 Å². The lowest BCUT2D eigenvalue weighted by molar-refractivity contribution is -0.174. The first-order chi connectivity index (χ1) is 23.9. The molecule has 6 rings (SSSR count). The lowest BCUT2D eigenvalue weighted by Crippen LogP contribution is -2.43. The van der Waals surface area contributed by atoms with E-state index in [-0.39, 0.29) is 19.4 Å². The first-order valence-electron chi connectivity index (χ1n) is 16.7. The highest BCUT2D eigenvalue weighted by Crippen LogP contribution is 2.42. The van der Waals surface area contributed by atoms with Crippen LogP contribution in [0.4, 0.5) is 19.3 Å². The number of halogens is 2. The summed E-state index contributed by atoms with van der Waals surface area (Å²) in [6, 6.07) is 27.3. The Hall–Kier alpha value is -4.80. The van der Waals surface area contributed by atoms with Gasteiger partial charge in [0.1, 0.15) is 30.0 Å². The lowest BCUT2D eigenvalue weighted by atomic mass is 9.84. The molecule has 4 aromatic rings. The highest BCUT2D eigenvalue weighted by molar-refractivity contribution is 5.95. The van der Waals surface area contributed by atoms with Crippen LogP contribution in [0.2, 0.25) is 0 Å². The van der Waals surface area contributed by atoms with Crippen LogP contribution in [0.15, 0.2) is 103 Å². The number of hydrogen-bond donors (Lipinski definition) is 1. The van der Waals surface area contributed by atoms with Crippen LogP contribution in [0.1, 0.15) is 61.4 Å².